The first-order chi connectivity index (χ1) is 7.18. The number of hydrogen-bond acceptors (Lipinski definition) is 0. The molecule has 0 radical (unpaired) electrons. The Morgan fingerprint density at radius 2 is 1.53 bits per heavy atom. The number of hydrogen-bond donors (Lipinski definition) is 0. The van der Waals surface area contributed by atoms with Gasteiger partial charge in [-0.15, -0.1) is 13.2 Å². The summed E-state index contributed by atoms with van der Waals surface area (Å²) in [4.78, 5) is 0. The molecule has 0 aromatic carbocycles. The van der Waals surface area contributed by atoms with Crippen LogP contribution in [0.2, 0.25) is 0 Å². The zero-order valence-corrected chi connectivity index (χ0v) is 11.1. The molecule has 0 saturated carbocycles. The molecule has 0 heterocycles. The molecular weight excluding hydrogens is 180 g/mol. The maximum Gasteiger partial charge on any atom is -0.0351 e. The van der Waals surface area contributed by atoms with Crippen LogP contribution < -0.4 is 0 Å². The van der Waals surface area contributed by atoms with Gasteiger partial charge in [-0.25, -0.2) is 0 Å². The Morgan fingerprint density at radius 3 is 1.87 bits per heavy atom. The van der Waals surface area contributed by atoms with Gasteiger partial charge in [0.1, 0.15) is 0 Å². The van der Waals surface area contributed by atoms with Crippen LogP contribution in [0.1, 0.15) is 65.7 Å². The van der Waals surface area contributed by atoms with E-state index in [9.17, 15) is 0 Å². The van der Waals surface area contributed by atoms with Crippen LogP contribution in [0, 0.1) is 5.92 Å². The Kier molecular flexibility index (Phi) is 17.9. The summed E-state index contributed by atoms with van der Waals surface area (Å²) in [5.41, 5.74) is 0. The van der Waals surface area contributed by atoms with E-state index in [0.717, 1.165) is 12.3 Å². The minimum Gasteiger partial charge on any atom is -0.103 e. The summed E-state index contributed by atoms with van der Waals surface area (Å²) in [6.45, 7) is 14.0. The van der Waals surface area contributed by atoms with Crippen LogP contribution in [0.4, 0.5) is 0 Å². The molecule has 0 amide bonds. The molecule has 0 nitrogen and oxygen atoms in total. The summed E-state index contributed by atoms with van der Waals surface area (Å²) >= 11 is 0. The highest BCUT2D eigenvalue weighted by Gasteiger charge is 1.87. The van der Waals surface area contributed by atoms with Crippen molar-refractivity contribution in [3.8, 4) is 0 Å². The van der Waals surface area contributed by atoms with Gasteiger partial charge >= 0.3 is 0 Å². The molecule has 0 fully saturated rings. The molecule has 0 atom stereocenters. The van der Waals surface area contributed by atoms with Gasteiger partial charge in [-0.2, -0.15) is 0 Å². The number of allylic oxidation sites excluding steroid dienone is 2. The van der Waals surface area contributed by atoms with E-state index >= 15 is 0 Å². The first kappa shape index (κ1) is 16.9. The molecule has 15 heavy (non-hydrogen) atoms. The van der Waals surface area contributed by atoms with Crippen molar-refractivity contribution in [1.29, 1.82) is 0 Å². The monoisotopic (exact) mass is 210 g/mol. The molecule has 0 N–H and O–H groups in total. The normalized spacial score (nSPS) is 9.33. The van der Waals surface area contributed by atoms with E-state index < -0.39 is 0 Å². The average Bonchev–Trinajstić information content (AvgIpc) is 2.22. The molecule has 0 bridgehead atoms. The topological polar surface area (TPSA) is 0 Å². The fourth-order valence-corrected chi connectivity index (χ4v) is 1.17. The molecule has 0 aliphatic rings. The minimum atomic E-state index is 0.831. The second kappa shape index (κ2) is 15.9. The molecule has 0 aromatic rings. The minimum absolute atomic E-state index is 0.831. The second-order valence-electron chi connectivity index (χ2n) is 4.40. The van der Waals surface area contributed by atoms with Crippen molar-refractivity contribution in [1.82, 2.24) is 0 Å². The van der Waals surface area contributed by atoms with Crippen LogP contribution >= 0.6 is 0 Å². The van der Waals surface area contributed by atoms with Crippen molar-refractivity contribution in [2.75, 3.05) is 0 Å². The third-order valence-corrected chi connectivity index (χ3v) is 2.21. The summed E-state index contributed by atoms with van der Waals surface area (Å²) in [6, 6.07) is 0. The molecule has 90 valence electrons. The van der Waals surface area contributed by atoms with Gasteiger partial charge in [0.2, 0.25) is 0 Å². The van der Waals surface area contributed by atoms with Gasteiger partial charge in [0.15, 0.2) is 0 Å². The zero-order valence-electron chi connectivity index (χ0n) is 11.1. The van der Waals surface area contributed by atoms with E-state index in [1.165, 1.54) is 38.5 Å². The fraction of sp³-hybridized carbons (Fsp3) is 0.733. The van der Waals surface area contributed by atoms with Gasteiger partial charge in [-0.1, -0.05) is 52.2 Å². The Morgan fingerprint density at radius 1 is 0.933 bits per heavy atom. The highest BCUT2D eigenvalue weighted by atomic mass is 13.9. The lowest BCUT2D eigenvalue weighted by atomic mass is 10.1. The van der Waals surface area contributed by atoms with E-state index in [4.69, 9.17) is 0 Å². The van der Waals surface area contributed by atoms with Crippen molar-refractivity contribution in [3.05, 3.63) is 25.3 Å². The summed E-state index contributed by atoms with van der Waals surface area (Å²) in [5.74, 6) is 0.831. The van der Waals surface area contributed by atoms with Gasteiger partial charge in [-0.3, -0.25) is 0 Å². The standard InChI is InChI=1S/C8H16.C7H14/c1-3-5-7-8-6-4-2;1-4-5-6-7(2)3/h3H,1,4-8H2,2H3;4,7H,1,5-6H2,2-3H3. The quantitative estimate of drug-likeness (QED) is 0.353. The maximum atomic E-state index is 3.66. The van der Waals surface area contributed by atoms with Crippen LogP contribution in [0.25, 0.3) is 0 Å². The highest BCUT2D eigenvalue weighted by molar-refractivity contribution is 4.66. The van der Waals surface area contributed by atoms with E-state index in [0.29, 0.717) is 0 Å². The summed E-state index contributed by atoms with van der Waals surface area (Å²) in [6.07, 6.45) is 13.0. The van der Waals surface area contributed by atoms with E-state index in [2.05, 4.69) is 33.9 Å². The fourth-order valence-electron chi connectivity index (χ4n) is 1.17. The molecule has 0 spiro atoms. The molecule has 0 aromatic heterocycles. The maximum absolute atomic E-state index is 3.66. The average molecular weight is 210 g/mol. The first-order valence-electron chi connectivity index (χ1n) is 6.40. The molecule has 0 aliphatic heterocycles. The predicted molar refractivity (Wildman–Crippen MR) is 73.2 cm³/mol. The van der Waals surface area contributed by atoms with E-state index in [-0.39, 0.29) is 0 Å². The van der Waals surface area contributed by atoms with E-state index in [1.54, 1.807) is 0 Å². The number of unbranched alkanes of at least 4 members (excludes halogenated alkanes) is 4. The molecule has 0 saturated heterocycles. The van der Waals surface area contributed by atoms with Crippen LogP contribution in [0.3, 0.4) is 0 Å². The summed E-state index contributed by atoms with van der Waals surface area (Å²) < 4.78 is 0. The van der Waals surface area contributed by atoms with Crippen molar-refractivity contribution in [2.24, 2.45) is 5.92 Å². The van der Waals surface area contributed by atoms with Crippen LogP contribution in [0.15, 0.2) is 25.3 Å². The van der Waals surface area contributed by atoms with Crippen molar-refractivity contribution in [2.45, 2.75) is 65.7 Å². The molecule has 0 unspecified atom stereocenters. The number of rotatable bonds is 8. The lowest BCUT2D eigenvalue weighted by Crippen LogP contribution is -1.82. The van der Waals surface area contributed by atoms with Gasteiger partial charge < -0.3 is 0 Å². The molecule has 0 rings (SSSR count). The Bertz CT molecular complexity index is 122. The molecule has 0 heteroatoms. The van der Waals surface area contributed by atoms with E-state index in [1.807, 2.05) is 12.2 Å². The highest BCUT2D eigenvalue weighted by Crippen LogP contribution is 2.02. The van der Waals surface area contributed by atoms with Crippen LogP contribution in [-0.2, 0) is 0 Å². The van der Waals surface area contributed by atoms with Crippen molar-refractivity contribution >= 4 is 0 Å². The Labute approximate surface area is 97.5 Å². The predicted octanol–water partition coefficient (Wildman–Crippen LogP) is 5.75. The van der Waals surface area contributed by atoms with Crippen molar-refractivity contribution < 1.29 is 0 Å². The SMILES string of the molecule is C=CCCC(C)C.C=CCCCCCC. The lowest BCUT2D eigenvalue weighted by molar-refractivity contribution is 0.595. The van der Waals surface area contributed by atoms with Crippen molar-refractivity contribution in [3.63, 3.8) is 0 Å². The first-order valence-corrected chi connectivity index (χ1v) is 6.40. The van der Waals surface area contributed by atoms with Gasteiger partial charge in [0.05, 0.1) is 0 Å². The Balaban J connectivity index is 0. The second-order valence-corrected chi connectivity index (χ2v) is 4.40. The molecule has 0 aliphatic carbocycles. The largest absolute Gasteiger partial charge is 0.103 e. The lowest BCUT2D eigenvalue weighted by Gasteiger charge is -1.96. The van der Waals surface area contributed by atoms with Gasteiger partial charge in [-0.05, 0) is 31.6 Å². The zero-order chi connectivity index (χ0) is 11.9. The Hall–Kier alpha value is -0.520. The summed E-state index contributed by atoms with van der Waals surface area (Å²) in [7, 11) is 0. The van der Waals surface area contributed by atoms with Gasteiger partial charge in [0, 0.05) is 0 Å². The van der Waals surface area contributed by atoms with Gasteiger partial charge in [0.25, 0.3) is 0 Å². The summed E-state index contributed by atoms with van der Waals surface area (Å²) in [5, 5.41) is 0. The molecular formula is C15H30. The third kappa shape index (κ3) is 24.7. The van der Waals surface area contributed by atoms with Crippen LogP contribution in [-0.4, -0.2) is 0 Å². The smallest absolute Gasteiger partial charge is 0.0351 e. The third-order valence-electron chi connectivity index (χ3n) is 2.21. The van der Waals surface area contributed by atoms with Crippen LogP contribution in [0.5, 0.6) is 0 Å².